The van der Waals surface area contributed by atoms with Gasteiger partial charge in [0, 0.05) is 7.05 Å². The maximum absolute atomic E-state index is 11.1. The highest BCUT2D eigenvalue weighted by Crippen LogP contribution is 1.92. The van der Waals surface area contributed by atoms with Crippen LogP contribution in [0.4, 0.5) is 0 Å². The molecule has 76 valence electrons. The molecule has 5 heteroatoms. The molecule has 0 aliphatic rings. The van der Waals surface area contributed by atoms with E-state index in [1.54, 1.807) is 14.0 Å². The highest BCUT2D eigenvalue weighted by molar-refractivity contribution is 5.84. The number of amides is 2. The lowest BCUT2D eigenvalue weighted by Gasteiger charge is -2.18. The number of hydrogen-bond acceptors (Lipinski definition) is 3. The molecule has 0 aromatic rings. The lowest BCUT2D eigenvalue weighted by Crippen LogP contribution is -2.50. The number of carbonyl (C=O) groups is 2. The van der Waals surface area contributed by atoms with Crippen molar-refractivity contribution in [1.29, 1.82) is 0 Å². The van der Waals surface area contributed by atoms with Crippen molar-refractivity contribution in [2.75, 3.05) is 7.05 Å². The largest absolute Gasteiger partial charge is 0.368 e. The maximum atomic E-state index is 11.1. The van der Waals surface area contributed by atoms with Crippen molar-refractivity contribution in [2.24, 2.45) is 5.73 Å². The summed E-state index contributed by atoms with van der Waals surface area (Å²) in [6, 6.07) is -0.838. The smallest absolute Gasteiger partial charge is 0.236 e. The summed E-state index contributed by atoms with van der Waals surface area (Å²) in [6.07, 6.45) is 0.580. The van der Waals surface area contributed by atoms with Crippen LogP contribution in [0.2, 0.25) is 0 Å². The van der Waals surface area contributed by atoms with Crippen molar-refractivity contribution < 1.29 is 9.59 Å². The molecular formula is C8H17N3O2. The predicted octanol–water partition coefficient (Wildman–Crippen LogP) is -1.03. The molecule has 13 heavy (non-hydrogen) atoms. The summed E-state index contributed by atoms with van der Waals surface area (Å²) in [5.41, 5.74) is 5.10. The van der Waals surface area contributed by atoms with Gasteiger partial charge in [-0.1, -0.05) is 6.92 Å². The van der Waals surface area contributed by atoms with Gasteiger partial charge in [-0.25, -0.2) is 0 Å². The summed E-state index contributed by atoms with van der Waals surface area (Å²) >= 11 is 0. The van der Waals surface area contributed by atoms with Crippen molar-refractivity contribution in [3.05, 3.63) is 0 Å². The van der Waals surface area contributed by atoms with E-state index in [1.165, 1.54) is 0 Å². The van der Waals surface area contributed by atoms with Gasteiger partial charge in [-0.15, -0.1) is 0 Å². The third kappa shape index (κ3) is 3.89. The third-order valence-corrected chi connectivity index (χ3v) is 1.84. The molecule has 0 fully saturated rings. The van der Waals surface area contributed by atoms with Crippen LogP contribution in [0, 0.1) is 0 Å². The molecule has 0 spiro atoms. The van der Waals surface area contributed by atoms with E-state index in [0.29, 0.717) is 6.42 Å². The molecule has 2 amide bonds. The first kappa shape index (κ1) is 11.9. The quantitative estimate of drug-likeness (QED) is 0.515. The van der Waals surface area contributed by atoms with Crippen molar-refractivity contribution >= 4 is 11.8 Å². The second kappa shape index (κ2) is 5.53. The Morgan fingerprint density at radius 2 is 2.00 bits per heavy atom. The summed E-state index contributed by atoms with van der Waals surface area (Å²) in [7, 11) is 1.55. The molecule has 0 aliphatic carbocycles. The van der Waals surface area contributed by atoms with Crippen LogP contribution in [-0.2, 0) is 9.59 Å². The van der Waals surface area contributed by atoms with Crippen LogP contribution < -0.4 is 16.4 Å². The molecule has 0 saturated heterocycles. The fraction of sp³-hybridized carbons (Fsp3) is 0.750. The Hall–Kier alpha value is -1.10. The van der Waals surface area contributed by atoms with Crippen molar-refractivity contribution in [2.45, 2.75) is 32.4 Å². The summed E-state index contributed by atoms with van der Waals surface area (Å²) in [4.78, 5) is 21.9. The molecule has 5 nitrogen and oxygen atoms in total. The molecule has 0 aromatic heterocycles. The van der Waals surface area contributed by atoms with Crippen LogP contribution in [0.15, 0.2) is 0 Å². The summed E-state index contributed by atoms with van der Waals surface area (Å²) in [6.45, 7) is 3.52. The fourth-order valence-electron chi connectivity index (χ4n) is 0.995. The van der Waals surface area contributed by atoms with Crippen LogP contribution in [0.25, 0.3) is 0 Å². The molecule has 2 atom stereocenters. The number of hydrogen-bond donors (Lipinski definition) is 3. The zero-order valence-corrected chi connectivity index (χ0v) is 8.26. The number of nitrogens with two attached hydrogens (primary N) is 1. The average molecular weight is 187 g/mol. The van der Waals surface area contributed by atoms with Crippen molar-refractivity contribution in [1.82, 2.24) is 10.6 Å². The molecule has 0 rings (SSSR count). The number of nitrogens with one attached hydrogen (secondary N) is 2. The normalized spacial score (nSPS) is 14.7. The van der Waals surface area contributed by atoms with Crippen LogP contribution >= 0.6 is 0 Å². The minimum Gasteiger partial charge on any atom is -0.368 e. The second-order valence-electron chi connectivity index (χ2n) is 2.87. The minimum atomic E-state index is -0.438. The SMILES string of the molecule is CCC(NC(C)C(=O)NC)C(N)=O. The van der Waals surface area contributed by atoms with Crippen LogP contribution in [0.3, 0.4) is 0 Å². The Bertz CT molecular complexity index is 194. The van der Waals surface area contributed by atoms with Crippen LogP contribution in [0.5, 0.6) is 0 Å². The zero-order chi connectivity index (χ0) is 10.4. The molecule has 2 unspecified atom stereocenters. The zero-order valence-electron chi connectivity index (χ0n) is 8.26. The fourth-order valence-corrected chi connectivity index (χ4v) is 0.995. The topological polar surface area (TPSA) is 84.2 Å². The molecule has 0 radical (unpaired) electrons. The summed E-state index contributed by atoms with van der Waals surface area (Å²) in [5, 5.41) is 5.31. The first-order chi connectivity index (χ1) is 6.02. The van der Waals surface area contributed by atoms with Gasteiger partial charge in [0.1, 0.15) is 0 Å². The van der Waals surface area contributed by atoms with E-state index in [0.717, 1.165) is 0 Å². The summed E-state index contributed by atoms with van der Waals surface area (Å²) in [5.74, 6) is -0.585. The number of carbonyl (C=O) groups excluding carboxylic acids is 2. The van der Waals surface area contributed by atoms with Crippen molar-refractivity contribution in [3.8, 4) is 0 Å². The molecule has 0 aliphatic heterocycles. The van der Waals surface area contributed by atoms with Gasteiger partial charge in [0.15, 0.2) is 0 Å². The molecule has 0 heterocycles. The number of primary amides is 1. The maximum Gasteiger partial charge on any atom is 0.236 e. The van der Waals surface area contributed by atoms with E-state index in [1.807, 2.05) is 6.92 Å². The van der Waals surface area contributed by atoms with E-state index in [2.05, 4.69) is 10.6 Å². The Morgan fingerprint density at radius 1 is 1.46 bits per heavy atom. The first-order valence-electron chi connectivity index (χ1n) is 4.29. The molecule has 0 aromatic carbocycles. The van der Waals surface area contributed by atoms with Gasteiger partial charge in [-0.3, -0.25) is 14.9 Å². The molecule has 0 saturated carbocycles. The van der Waals surface area contributed by atoms with E-state index in [4.69, 9.17) is 5.73 Å². The van der Waals surface area contributed by atoms with Crippen LogP contribution in [-0.4, -0.2) is 30.9 Å². The van der Waals surface area contributed by atoms with E-state index in [-0.39, 0.29) is 5.91 Å². The van der Waals surface area contributed by atoms with Gasteiger partial charge in [-0.05, 0) is 13.3 Å². The standard InChI is InChI=1S/C8H17N3O2/c1-4-6(7(9)12)11-5(2)8(13)10-3/h5-6,11H,4H2,1-3H3,(H2,9,12)(H,10,13). The average Bonchev–Trinajstić information content (AvgIpc) is 2.11. The van der Waals surface area contributed by atoms with Gasteiger partial charge >= 0.3 is 0 Å². The van der Waals surface area contributed by atoms with E-state index < -0.39 is 18.0 Å². The lowest BCUT2D eigenvalue weighted by molar-refractivity contribution is -0.123. The Labute approximate surface area is 78.1 Å². The number of likely N-dealkylation sites (N-methyl/N-ethyl adjacent to an activating group) is 1. The highest BCUT2D eigenvalue weighted by Gasteiger charge is 2.18. The van der Waals surface area contributed by atoms with Gasteiger partial charge in [0.05, 0.1) is 12.1 Å². The molecule has 4 N–H and O–H groups in total. The van der Waals surface area contributed by atoms with Gasteiger partial charge < -0.3 is 11.1 Å². The van der Waals surface area contributed by atoms with E-state index in [9.17, 15) is 9.59 Å². The Morgan fingerprint density at radius 3 is 2.31 bits per heavy atom. The van der Waals surface area contributed by atoms with Gasteiger partial charge in [0.25, 0.3) is 0 Å². The van der Waals surface area contributed by atoms with Crippen molar-refractivity contribution in [3.63, 3.8) is 0 Å². The monoisotopic (exact) mass is 187 g/mol. The number of rotatable bonds is 5. The second-order valence-corrected chi connectivity index (χ2v) is 2.87. The van der Waals surface area contributed by atoms with E-state index >= 15 is 0 Å². The Kier molecular flexibility index (Phi) is 5.06. The van der Waals surface area contributed by atoms with Gasteiger partial charge in [0.2, 0.25) is 11.8 Å². The first-order valence-corrected chi connectivity index (χ1v) is 4.29. The highest BCUT2D eigenvalue weighted by atomic mass is 16.2. The molecule has 0 bridgehead atoms. The third-order valence-electron chi connectivity index (χ3n) is 1.84. The van der Waals surface area contributed by atoms with Gasteiger partial charge in [-0.2, -0.15) is 0 Å². The lowest BCUT2D eigenvalue weighted by atomic mass is 10.2. The predicted molar refractivity (Wildman–Crippen MR) is 49.9 cm³/mol. The minimum absolute atomic E-state index is 0.153. The molecular weight excluding hydrogens is 170 g/mol. The Balaban J connectivity index is 4.08. The summed E-state index contributed by atoms with van der Waals surface area (Å²) < 4.78 is 0. The van der Waals surface area contributed by atoms with Crippen LogP contribution in [0.1, 0.15) is 20.3 Å².